The number of fused-ring (bicyclic) bond motifs is 1. The molecule has 0 spiro atoms. The van der Waals surface area contributed by atoms with Crippen molar-refractivity contribution in [2.45, 2.75) is 34.2 Å². The van der Waals surface area contributed by atoms with Crippen LogP contribution in [0.1, 0.15) is 22.4 Å². The van der Waals surface area contributed by atoms with E-state index in [4.69, 9.17) is 25.8 Å². The van der Waals surface area contributed by atoms with Gasteiger partial charge in [-0.1, -0.05) is 23.7 Å². The molecule has 1 heterocycles. The number of nitrogens with zero attached hydrogens (tertiary/aromatic N) is 1. The van der Waals surface area contributed by atoms with Crippen LogP contribution in [-0.4, -0.2) is 19.5 Å². The summed E-state index contributed by atoms with van der Waals surface area (Å²) < 4.78 is 48.4. The molecule has 3 aromatic rings. The van der Waals surface area contributed by atoms with E-state index in [9.17, 15) is 8.78 Å². The van der Waals surface area contributed by atoms with Crippen LogP contribution < -0.4 is 10.9 Å². The standard InChI is InChI=1S/C22H23ClF2N2.ClH.H3NO2S/c1-12-5-6-13(2)20(14(12)3)21-15(4)27(11-17(24)7-8-26)22-18(21)9-16(23)10-19(22)25;;1-4(2)3/h5-7,9-10H,8,11,26H2,1-4H3;1H;4H,(H2,1,2,3). The maximum Gasteiger partial charge on any atom is 0.198 e. The zero-order chi connectivity index (χ0) is 23.5. The van der Waals surface area contributed by atoms with Crippen molar-refractivity contribution >= 4 is 45.8 Å². The summed E-state index contributed by atoms with van der Waals surface area (Å²) in [4.78, 5) is 0. The van der Waals surface area contributed by atoms with Gasteiger partial charge in [-0.05, 0) is 68.2 Å². The summed E-state index contributed by atoms with van der Waals surface area (Å²) in [5, 5.41) is 5.07. The molecule has 0 aliphatic heterocycles. The SMILES string of the molecule is Cc1ccc(C)c(-c2c(C)n(CC(F)=CCN)c3c(F)cc(Cl)cc23)c1C.Cl.N[SH](=O)=O. The molecular formula is C22H27Cl2F2N3O2S. The molecule has 0 aliphatic carbocycles. The zero-order valence-corrected chi connectivity index (χ0v) is 20.7. The number of allylic oxidation sites excluding steroid dienone is 1. The first-order chi connectivity index (χ1) is 14.5. The van der Waals surface area contributed by atoms with Crippen LogP contribution in [0.4, 0.5) is 8.78 Å². The highest BCUT2D eigenvalue weighted by atomic mass is 35.5. The zero-order valence-electron chi connectivity index (χ0n) is 18.2. The van der Waals surface area contributed by atoms with E-state index in [1.807, 2.05) is 20.8 Å². The smallest absolute Gasteiger partial charge is 0.198 e. The molecule has 0 atom stereocenters. The molecule has 10 heteroatoms. The summed E-state index contributed by atoms with van der Waals surface area (Å²) in [6, 6.07) is 7.14. The van der Waals surface area contributed by atoms with Crippen molar-refractivity contribution in [1.82, 2.24) is 4.57 Å². The van der Waals surface area contributed by atoms with Crippen molar-refractivity contribution in [1.29, 1.82) is 0 Å². The van der Waals surface area contributed by atoms with Gasteiger partial charge in [0.15, 0.2) is 10.9 Å². The molecule has 0 saturated heterocycles. The molecule has 4 N–H and O–H groups in total. The molecule has 2 aromatic carbocycles. The molecule has 0 fully saturated rings. The largest absolute Gasteiger partial charge is 0.335 e. The third-order valence-corrected chi connectivity index (χ3v) is 5.40. The molecule has 5 nitrogen and oxygen atoms in total. The van der Waals surface area contributed by atoms with Crippen LogP contribution in [0.5, 0.6) is 0 Å². The first-order valence-electron chi connectivity index (χ1n) is 9.48. The Bertz CT molecular complexity index is 1230. The summed E-state index contributed by atoms with van der Waals surface area (Å²) in [5.41, 5.74) is 11.9. The van der Waals surface area contributed by atoms with E-state index in [1.54, 1.807) is 10.6 Å². The van der Waals surface area contributed by atoms with Crippen LogP contribution in [0.15, 0.2) is 36.2 Å². The second-order valence-electron chi connectivity index (χ2n) is 7.20. The summed E-state index contributed by atoms with van der Waals surface area (Å²) in [6.45, 7) is 8.04. The van der Waals surface area contributed by atoms with Crippen LogP contribution in [-0.2, 0) is 17.4 Å². The fraction of sp³-hybridized carbons (Fsp3) is 0.273. The minimum absolute atomic E-state index is 0. The molecule has 0 unspecified atom stereocenters. The van der Waals surface area contributed by atoms with Gasteiger partial charge in [0.1, 0.15) is 11.6 Å². The van der Waals surface area contributed by atoms with Gasteiger partial charge in [-0.2, -0.15) is 0 Å². The number of hydrogen-bond acceptors (Lipinski definition) is 3. The summed E-state index contributed by atoms with van der Waals surface area (Å²) in [6.07, 6.45) is 1.31. The number of thiol groups is 1. The van der Waals surface area contributed by atoms with Crippen LogP contribution in [0.3, 0.4) is 0 Å². The average Bonchev–Trinajstić information content (AvgIpc) is 2.91. The summed E-state index contributed by atoms with van der Waals surface area (Å²) in [7, 11) is -2.62. The molecule has 0 bridgehead atoms. The molecular weight excluding hydrogens is 479 g/mol. The predicted molar refractivity (Wildman–Crippen MR) is 131 cm³/mol. The molecule has 32 heavy (non-hydrogen) atoms. The highest BCUT2D eigenvalue weighted by Gasteiger charge is 2.22. The summed E-state index contributed by atoms with van der Waals surface area (Å²) >= 11 is 6.16. The van der Waals surface area contributed by atoms with Crippen molar-refractivity contribution in [3.63, 3.8) is 0 Å². The highest BCUT2D eigenvalue weighted by molar-refractivity contribution is 7.69. The van der Waals surface area contributed by atoms with Gasteiger partial charge in [0.2, 0.25) is 0 Å². The molecule has 0 aliphatic rings. The lowest BCUT2D eigenvalue weighted by atomic mass is 9.91. The van der Waals surface area contributed by atoms with Gasteiger partial charge in [0.25, 0.3) is 0 Å². The maximum atomic E-state index is 14.9. The lowest BCUT2D eigenvalue weighted by molar-refractivity contribution is 0.549. The second kappa shape index (κ2) is 11.8. The minimum atomic E-state index is -2.62. The van der Waals surface area contributed by atoms with Gasteiger partial charge >= 0.3 is 0 Å². The Labute approximate surface area is 199 Å². The van der Waals surface area contributed by atoms with E-state index in [2.05, 4.69) is 24.2 Å². The number of hydrogen-bond donors (Lipinski definition) is 3. The van der Waals surface area contributed by atoms with Gasteiger partial charge in [-0.15, -0.1) is 12.4 Å². The second-order valence-corrected chi connectivity index (χ2v) is 8.21. The Hall–Kier alpha value is -1.97. The third kappa shape index (κ3) is 6.08. The first-order valence-corrected chi connectivity index (χ1v) is 11.1. The Morgan fingerprint density at radius 1 is 1.12 bits per heavy atom. The molecule has 1 aromatic heterocycles. The first kappa shape index (κ1) is 28.1. The number of aryl methyl sites for hydroxylation is 2. The van der Waals surface area contributed by atoms with Crippen molar-refractivity contribution in [2.24, 2.45) is 10.9 Å². The third-order valence-electron chi connectivity index (χ3n) is 5.18. The topological polar surface area (TPSA) is 91.1 Å². The van der Waals surface area contributed by atoms with E-state index in [0.29, 0.717) is 15.9 Å². The molecule has 0 saturated carbocycles. The Morgan fingerprint density at radius 3 is 2.25 bits per heavy atom. The van der Waals surface area contributed by atoms with Crippen LogP contribution >= 0.6 is 24.0 Å². The van der Waals surface area contributed by atoms with Crippen LogP contribution in [0, 0.1) is 33.5 Å². The number of aromatic nitrogens is 1. The van der Waals surface area contributed by atoms with E-state index in [-0.39, 0.29) is 25.5 Å². The lowest BCUT2D eigenvalue weighted by Gasteiger charge is -2.14. The van der Waals surface area contributed by atoms with Crippen LogP contribution in [0.25, 0.3) is 22.0 Å². The number of rotatable bonds is 4. The van der Waals surface area contributed by atoms with Crippen molar-refractivity contribution in [2.75, 3.05) is 6.54 Å². The predicted octanol–water partition coefficient (Wildman–Crippen LogP) is 5.04. The van der Waals surface area contributed by atoms with E-state index in [1.165, 1.54) is 12.1 Å². The average molecular weight is 506 g/mol. The van der Waals surface area contributed by atoms with Crippen LogP contribution in [0.2, 0.25) is 5.02 Å². The summed E-state index contributed by atoms with van der Waals surface area (Å²) in [5.74, 6) is -0.855. The van der Waals surface area contributed by atoms with E-state index >= 15 is 0 Å². The van der Waals surface area contributed by atoms with Gasteiger partial charge in [0.05, 0.1) is 12.1 Å². The Kier molecular flexibility index (Phi) is 10.3. The maximum absolute atomic E-state index is 14.9. The fourth-order valence-electron chi connectivity index (χ4n) is 3.72. The lowest BCUT2D eigenvalue weighted by Crippen LogP contribution is -2.04. The highest BCUT2D eigenvalue weighted by Crippen LogP contribution is 2.41. The quantitative estimate of drug-likeness (QED) is 0.433. The molecule has 0 amide bonds. The molecule has 0 radical (unpaired) electrons. The molecule has 176 valence electrons. The normalized spacial score (nSPS) is 11.4. The Morgan fingerprint density at radius 2 is 1.69 bits per heavy atom. The monoisotopic (exact) mass is 505 g/mol. The van der Waals surface area contributed by atoms with Crippen molar-refractivity contribution < 1.29 is 17.2 Å². The van der Waals surface area contributed by atoms with Gasteiger partial charge in [-0.3, -0.25) is 0 Å². The van der Waals surface area contributed by atoms with E-state index in [0.717, 1.165) is 33.5 Å². The van der Waals surface area contributed by atoms with Gasteiger partial charge < -0.3 is 10.3 Å². The van der Waals surface area contributed by atoms with Crippen molar-refractivity contribution in [3.8, 4) is 11.1 Å². The van der Waals surface area contributed by atoms with Crippen molar-refractivity contribution in [3.05, 3.63) is 69.4 Å². The number of nitrogens with two attached hydrogens (primary N) is 2. The Balaban J connectivity index is 0.000000945. The molecule has 3 rings (SSSR count). The van der Waals surface area contributed by atoms with Gasteiger partial charge in [-0.25, -0.2) is 22.3 Å². The minimum Gasteiger partial charge on any atom is -0.335 e. The van der Waals surface area contributed by atoms with E-state index < -0.39 is 22.5 Å². The number of halogens is 4. The fourth-order valence-corrected chi connectivity index (χ4v) is 3.93. The van der Waals surface area contributed by atoms with Gasteiger partial charge in [0, 0.05) is 28.2 Å². The number of benzene rings is 2.